The molecule has 0 saturated carbocycles. The predicted molar refractivity (Wildman–Crippen MR) is 58.6 cm³/mol. The molecule has 2 radical (unpaired) electrons. The van der Waals surface area contributed by atoms with Crippen LogP contribution in [0.5, 0.6) is 0 Å². The normalized spacial score (nSPS) is 10.1. The Hall–Kier alpha value is -0.530. The summed E-state index contributed by atoms with van der Waals surface area (Å²) in [6.07, 6.45) is 8.97. The number of unbranched alkanes of at least 4 members (excludes halogenated alkanes) is 5. The third-order valence-electron chi connectivity index (χ3n) is 2.05. The summed E-state index contributed by atoms with van der Waals surface area (Å²) in [7, 11) is 0. The Morgan fingerprint density at radius 2 is 2.00 bits per heavy atom. The number of carbonyl (C=O) groups excluding carboxylic acids is 1. The van der Waals surface area contributed by atoms with E-state index in [1.165, 1.54) is 19.3 Å². The molecular weight excluding hydrogens is 176 g/mol. The number of carbonyl (C=O) groups is 1. The van der Waals surface area contributed by atoms with Crippen molar-refractivity contribution in [3.8, 4) is 0 Å². The molecule has 0 heterocycles. The first-order valence-electron chi connectivity index (χ1n) is 5.57. The molecule has 0 bridgehead atoms. The summed E-state index contributed by atoms with van der Waals surface area (Å²) < 4.78 is 4.95. The Morgan fingerprint density at radius 1 is 1.29 bits per heavy atom. The molecule has 0 atom stereocenters. The number of esters is 1. The minimum atomic E-state index is -0.0776. The van der Waals surface area contributed by atoms with E-state index in [2.05, 4.69) is 13.8 Å². The van der Waals surface area contributed by atoms with Gasteiger partial charge in [0.1, 0.15) is 0 Å². The van der Waals surface area contributed by atoms with E-state index < -0.39 is 0 Å². The fourth-order valence-corrected chi connectivity index (χ4v) is 1.18. The molecule has 2 nitrogen and oxygen atoms in total. The molecule has 14 heavy (non-hydrogen) atoms. The maximum Gasteiger partial charge on any atom is 0.305 e. The van der Waals surface area contributed by atoms with E-state index in [4.69, 9.17) is 4.74 Å². The van der Waals surface area contributed by atoms with Gasteiger partial charge in [0.2, 0.25) is 0 Å². The third kappa shape index (κ3) is 9.56. The molecule has 0 aliphatic heterocycles. The van der Waals surface area contributed by atoms with Crippen LogP contribution in [0.4, 0.5) is 0 Å². The summed E-state index contributed by atoms with van der Waals surface area (Å²) >= 11 is 0. The van der Waals surface area contributed by atoms with Crippen molar-refractivity contribution < 1.29 is 9.53 Å². The second-order valence-corrected chi connectivity index (χ2v) is 3.42. The van der Waals surface area contributed by atoms with Gasteiger partial charge in [0.05, 0.1) is 6.61 Å². The van der Waals surface area contributed by atoms with Crippen molar-refractivity contribution in [2.75, 3.05) is 6.61 Å². The first kappa shape index (κ1) is 13.5. The molecule has 0 aromatic carbocycles. The van der Waals surface area contributed by atoms with Crippen molar-refractivity contribution in [2.24, 2.45) is 0 Å². The molecule has 0 fully saturated rings. The Labute approximate surface area is 88.0 Å². The van der Waals surface area contributed by atoms with E-state index in [-0.39, 0.29) is 5.97 Å². The first-order chi connectivity index (χ1) is 6.81. The molecule has 0 N–H and O–H groups in total. The van der Waals surface area contributed by atoms with Gasteiger partial charge in [-0.05, 0) is 19.3 Å². The van der Waals surface area contributed by atoms with Crippen LogP contribution < -0.4 is 0 Å². The second-order valence-electron chi connectivity index (χ2n) is 3.42. The molecule has 0 aliphatic rings. The molecule has 2 heteroatoms. The van der Waals surface area contributed by atoms with Crippen molar-refractivity contribution in [2.45, 2.75) is 51.9 Å². The minimum Gasteiger partial charge on any atom is -0.465 e. The number of rotatable bonds is 9. The number of hydrogen-bond donors (Lipinski definition) is 0. The van der Waals surface area contributed by atoms with Crippen LogP contribution in [0.25, 0.3) is 0 Å². The molecule has 0 amide bonds. The van der Waals surface area contributed by atoms with E-state index in [0.29, 0.717) is 19.4 Å². The van der Waals surface area contributed by atoms with Crippen molar-refractivity contribution in [3.05, 3.63) is 13.3 Å². The molecule has 0 rings (SSSR count). The van der Waals surface area contributed by atoms with Gasteiger partial charge in [0.25, 0.3) is 0 Å². The minimum absolute atomic E-state index is 0.0776. The van der Waals surface area contributed by atoms with Crippen LogP contribution in [-0.2, 0) is 9.53 Å². The van der Waals surface area contributed by atoms with Gasteiger partial charge < -0.3 is 4.74 Å². The van der Waals surface area contributed by atoms with Gasteiger partial charge in [0.15, 0.2) is 0 Å². The molecule has 0 aromatic rings. The largest absolute Gasteiger partial charge is 0.465 e. The topological polar surface area (TPSA) is 26.3 Å². The van der Waals surface area contributed by atoms with Crippen molar-refractivity contribution >= 4 is 5.97 Å². The Bertz CT molecular complexity index is 132. The van der Waals surface area contributed by atoms with E-state index in [9.17, 15) is 4.79 Å². The highest BCUT2D eigenvalue weighted by Crippen LogP contribution is 2.05. The summed E-state index contributed by atoms with van der Waals surface area (Å²) in [5.41, 5.74) is 0. The predicted octanol–water partition coefficient (Wildman–Crippen LogP) is 3.32. The van der Waals surface area contributed by atoms with Gasteiger partial charge in [0, 0.05) is 6.42 Å². The van der Waals surface area contributed by atoms with Gasteiger partial charge in [-0.2, -0.15) is 0 Å². The zero-order valence-electron chi connectivity index (χ0n) is 9.26. The zero-order valence-corrected chi connectivity index (χ0v) is 9.26. The van der Waals surface area contributed by atoms with Crippen LogP contribution in [0.1, 0.15) is 51.9 Å². The highest BCUT2D eigenvalue weighted by molar-refractivity contribution is 5.69. The molecule has 82 valence electrons. The molecule has 0 aromatic heterocycles. The summed E-state index contributed by atoms with van der Waals surface area (Å²) in [6, 6.07) is 0. The van der Waals surface area contributed by atoms with Gasteiger partial charge in [-0.15, -0.1) is 0 Å². The zero-order chi connectivity index (χ0) is 10.6. The van der Waals surface area contributed by atoms with E-state index in [1.54, 1.807) is 0 Å². The Kier molecular flexibility index (Phi) is 10.2. The summed E-state index contributed by atoms with van der Waals surface area (Å²) in [6.45, 7) is 6.23. The van der Waals surface area contributed by atoms with Crippen LogP contribution in [0.15, 0.2) is 0 Å². The standard InChI is InChI=1S/C12H22O2/c1-3-5-7-8-9-10-12(13)14-11-6-4-2/h6H,2-5,7-11H2,1H3. The van der Waals surface area contributed by atoms with Crippen LogP contribution in [-0.4, -0.2) is 12.6 Å². The number of ether oxygens (including phenoxy) is 1. The molecule has 0 unspecified atom stereocenters. The van der Waals surface area contributed by atoms with E-state index in [0.717, 1.165) is 12.8 Å². The average molecular weight is 198 g/mol. The van der Waals surface area contributed by atoms with Gasteiger partial charge >= 0.3 is 5.97 Å². The lowest BCUT2D eigenvalue weighted by Crippen LogP contribution is -2.05. The van der Waals surface area contributed by atoms with Crippen LogP contribution >= 0.6 is 0 Å². The van der Waals surface area contributed by atoms with Crippen molar-refractivity contribution in [1.82, 2.24) is 0 Å². The third-order valence-corrected chi connectivity index (χ3v) is 2.05. The monoisotopic (exact) mass is 198 g/mol. The molecular formula is C12H22O2. The SMILES string of the molecule is [CH2]C[CH]COC(=O)CCCCCCC. The van der Waals surface area contributed by atoms with Crippen LogP contribution in [0, 0.1) is 13.3 Å². The van der Waals surface area contributed by atoms with Crippen molar-refractivity contribution in [1.29, 1.82) is 0 Å². The van der Waals surface area contributed by atoms with E-state index in [1.807, 2.05) is 6.42 Å². The fraction of sp³-hybridized carbons (Fsp3) is 0.750. The van der Waals surface area contributed by atoms with Gasteiger partial charge in [-0.3, -0.25) is 4.79 Å². The maximum atomic E-state index is 11.1. The highest BCUT2D eigenvalue weighted by Gasteiger charge is 2.01. The lowest BCUT2D eigenvalue weighted by Gasteiger charge is -2.03. The lowest BCUT2D eigenvalue weighted by atomic mass is 10.1. The second kappa shape index (κ2) is 10.6. The highest BCUT2D eigenvalue weighted by atomic mass is 16.5. The quantitative estimate of drug-likeness (QED) is 0.419. The molecule has 0 aliphatic carbocycles. The molecule has 0 spiro atoms. The average Bonchev–Trinajstić information content (AvgIpc) is 2.18. The molecule has 0 saturated heterocycles. The Balaban J connectivity index is 3.10. The smallest absolute Gasteiger partial charge is 0.305 e. The summed E-state index contributed by atoms with van der Waals surface area (Å²) in [5.74, 6) is -0.0776. The Morgan fingerprint density at radius 3 is 2.64 bits per heavy atom. The first-order valence-corrected chi connectivity index (χ1v) is 5.57. The number of hydrogen-bond acceptors (Lipinski definition) is 2. The van der Waals surface area contributed by atoms with Gasteiger partial charge in [-0.25, -0.2) is 0 Å². The fourth-order valence-electron chi connectivity index (χ4n) is 1.18. The summed E-state index contributed by atoms with van der Waals surface area (Å²) in [4.78, 5) is 11.1. The van der Waals surface area contributed by atoms with Crippen molar-refractivity contribution in [3.63, 3.8) is 0 Å². The summed E-state index contributed by atoms with van der Waals surface area (Å²) in [5, 5.41) is 0. The maximum absolute atomic E-state index is 11.1. The van der Waals surface area contributed by atoms with Crippen LogP contribution in [0.2, 0.25) is 0 Å². The van der Waals surface area contributed by atoms with E-state index >= 15 is 0 Å². The lowest BCUT2D eigenvalue weighted by molar-refractivity contribution is -0.142. The van der Waals surface area contributed by atoms with Gasteiger partial charge in [-0.1, -0.05) is 39.5 Å². The van der Waals surface area contributed by atoms with Crippen LogP contribution in [0.3, 0.4) is 0 Å².